The van der Waals surface area contributed by atoms with Gasteiger partial charge >= 0.3 is 5.97 Å². The molecule has 0 aliphatic carbocycles. The summed E-state index contributed by atoms with van der Waals surface area (Å²) in [5.74, 6) is 0.537. The molecule has 0 spiro atoms. The molecule has 0 bridgehead atoms. The molecule has 0 saturated heterocycles. The molecule has 4 heteroatoms. The van der Waals surface area contributed by atoms with E-state index in [1.54, 1.807) is 11.8 Å². The molecule has 0 N–H and O–H groups in total. The van der Waals surface area contributed by atoms with Crippen LogP contribution >= 0.6 is 11.8 Å². The smallest absolute Gasteiger partial charge is 0.309 e. The van der Waals surface area contributed by atoms with E-state index in [-0.39, 0.29) is 18.2 Å². The number of benzene rings is 2. The molecule has 3 rings (SSSR count). The van der Waals surface area contributed by atoms with Crippen LogP contribution in [0.5, 0.6) is 0 Å². The van der Waals surface area contributed by atoms with Crippen LogP contribution in [0.3, 0.4) is 0 Å². The molecule has 0 aromatic heterocycles. The van der Waals surface area contributed by atoms with Crippen molar-refractivity contribution < 1.29 is 14.3 Å². The van der Waals surface area contributed by atoms with Crippen molar-refractivity contribution in [3.63, 3.8) is 0 Å². The number of ketones is 1. The monoisotopic (exact) mass is 298 g/mol. The molecular weight excluding hydrogens is 284 g/mol. The Morgan fingerprint density at radius 2 is 2.00 bits per heavy atom. The summed E-state index contributed by atoms with van der Waals surface area (Å²) in [4.78, 5) is 24.9. The van der Waals surface area contributed by atoms with E-state index in [0.717, 1.165) is 27.3 Å². The van der Waals surface area contributed by atoms with Crippen LogP contribution in [0, 0.1) is 0 Å². The zero-order chi connectivity index (χ0) is 14.8. The maximum Gasteiger partial charge on any atom is 0.309 e. The maximum absolute atomic E-state index is 12.6. The quantitative estimate of drug-likeness (QED) is 0.798. The first kappa shape index (κ1) is 13.9. The van der Waals surface area contributed by atoms with E-state index in [1.165, 1.54) is 7.11 Å². The van der Waals surface area contributed by atoms with E-state index < -0.39 is 0 Å². The standard InChI is InChI=1S/C17H14O3S/c1-20-16(18)9-11-6-7-14-15(8-11)21-10-12-4-2-3-5-13(12)17(14)19/h2-8H,9-10H2,1H3. The number of methoxy groups -OCH3 is 1. The highest BCUT2D eigenvalue weighted by atomic mass is 32.2. The van der Waals surface area contributed by atoms with Crippen LogP contribution in [0.25, 0.3) is 0 Å². The zero-order valence-corrected chi connectivity index (χ0v) is 12.4. The molecule has 2 aromatic carbocycles. The van der Waals surface area contributed by atoms with Gasteiger partial charge in [-0.05, 0) is 23.3 Å². The molecule has 1 aliphatic heterocycles. The minimum atomic E-state index is -0.275. The number of hydrogen-bond acceptors (Lipinski definition) is 4. The third kappa shape index (κ3) is 2.72. The lowest BCUT2D eigenvalue weighted by Gasteiger charge is -2.07. The number of carbonyl (C=O) groups excluding carboxylic acids is 2. The van der Waals surface area contributed by atoms with E-state index in [0.29, 0.717) is 5.56 Å². The van der Waals surface area contributed by atoms with Gasteiger partial charge in [0.25, 0.3) is 0 Å². The van der Waals surface area contributed by atoms with Crippen molar-refractivity contribution in [1.82, 2.24) is 0 Å². The van der Waals surface area contributed by atoms with Gasteiger partial charge < -0.3 is 4.74 Å². The molecule has 1 aliphatic rings. The predicted octanol–water partition coefficient (Wildman–Crippen LogP) is 3.24. The van der Waals surface area contributed by atoms with Crippen LogP contribution in [-0.2, 0) is 21.7 Å². The Kier molecular flexibility index (Phi) is 3.80. The number of thioether (sulfide) groups is 1. The summed E-state index contributed by atoms with van der Waals surface area (Å²) in [5, 5.41) is 0. The van der Waals surface area contributed by atoms with Crippen molar-refractivity contribution in [3.8, 4) is 0 Å². The zero-order valence-electron chi connectivity index (χ0n) is 11.6. The highest BCUT2D eigenvalue weighted by molar-refractivity contribution is 7.98. The topological polar surface area (TPSA) is 43.4 Å². The van der Waals surface area contributed by atoms with Gasteiger partial charge in [0.2, 0.25) is 0 Å². The average Bonchev–Trinajstić information content (AvgIpc) is 2.65. The van der Waals surface area contributed by atoms with Crippen molar-refractivity contribution >= 4 is 23.5 Å². The number of esters is 1. The second kappa shape index (κ2) is 5.74. The molecule has 2 aromatic rings. The lowest BCUT2D eigenvalue weighted by Crippen LogP contribution is -2.06. The molecule has 3 nitrogen and oxygen atoms in total. The van der Waals surface area contributed by atoms with Gasteiger partial charge in [-0.1, -0.05) is 30.3 Å². The fourth-order valence-corrected chi connectivity index (χ4v) is 3.50. The van der Waals surface area contributed by atoms with Crippen molar-refractivity contribution in [3.05, 3.63) is 64.7 Å². The molecule has 0 radical (unpaired) electrons. The second-order valence-electron chi connectivity index (χ2n) is 4.86. The predicted molar refractivity (Wildman–Crippen MR) is 81.6 cm³/mol. The Hall–Kier alpha value is -2.07. The molecule has 0 saturated carbocycles. The van der Waals surface area contributed by atoms with Crippen LogP contribution in [0.1, 0.15) is 27.0 Å². The highest BCUT2D eigenvalue weighted by Crippen LogP contribution is 2.34. The summed E-state index contributed by atoms with van der Waals surface area (Å²) in [6.45, 7) is 0. The summed E-state index contributed by atoms with van der Waals surface area (Å²) in [6, 6.07) is 13.2. The first-order chi connectivity index (χ1) is 10.2. The lowest BCUT2D eigenvalue weighted by molar-refractivity contribution is -0.139. The van der Waals surface area contributed by atoms with Crippen LogP contribution in [-0.4, -0.2) is 18.9 Å². The van der Waals surface area contributed by atoms with Crippen molar-refractivity contribution in [2.75, 3.05) is 7.11 Å². The van der Waals surface area contributed by atoms with Crippen molar-refractivity contribution in [2.24, 2.45) is 0 Å². The molecular formula is C17H14O3S. The van der Waals surface area contributed by atoms with Crippen LogP contribution < -0.4 is 0 Å². The normalized spacial score (nSPS) is 13.1. The van der Waals surface area contributed by atoms with E-state index in [1.807, 2.05) is 42.5 Å². The van der Waals surface area contributed by atoms with E-state index in [2.05, 4.69) is 4.74 Å². The number of fused-ring (bicyclic) bond motifs is 2. The summed E-state index contributed by atoms with van der Waals surface area (Å²) in [6.07, 6.45) is 0.228. The average molecular weight is 298 g/mol. The third-order valence-corrected chi connectivity index (χ3v) is 4.62. The highest BCUT2D eigenvalue weighted by Gasteiger charge is 2.21. The minimum absolute atomic E-state index is 0.0511. The Morgan fingerprint density at radius 3 is 2.81 bits per heavy atom. The first-order valence-electron chi connectivity index (χ1n) is 6.64. The Labute approximate surface area is 127 Å². The van der Waals surface area contributed by atoms with Gasteiger partial charge in [-0.2, -0.15) is 0 Å². The number of hydrogen-bond donors (Lipinski definition) is 0. The molecule has 0 atom stereocenters. The van der Waals surface area contributed by atoms with E-state index in [4.69, 9.17) is 0 Å². The van der Waals surface area contributed by atoms with Crippen LogP contribution in [0.2, 0.25) is 0 Å². The Balaban J connectivity index is 1.99. The number of ether oxygens (including phenoxy) is 1. The van der Waals surface area contributed by atoms with Gasteiger partial charge in [0.05, 0.1) is 13.5 Å². The van der Waals surface area contributed by atoms with Gasteiger partial charge in [-0.3, -0.25) is 9.59 Å². The molecule has 0 unspecified atom stereocenters. The fourth-order valence-electron chi connectivity index (χ4n) is 2.39. The lowest BCUT2D eigenvalue weighted by atomic mass is 9.98. The summed E-state index contributed by atoms with van der Waals surface area (Å²) >= 11 is 1.63. The molecule has 0 fully saturated rings. The molecule has 1 heterocycles. The molecule has 106 valence electrons. The van der Waals surface area contributed by atoms with Crippen molar-refractivity contribution in [2.45, 2.75) is 17.1 Å². The number of carbonyl (C=O) groups is 2. The second-order valence-corrected chi connectivity index (χ2v) is 5.88. The van der Waals surface area contributed by atoms with Gasteiger partial charge in [-0.25, -0.2) is 0 Å². The van der Waals surface area contributed by atoms with Crippen LogP contribution in [0.15, 0.2) is 47.4 Å². The molecule has 21 heavy (non-hydrogen) atoms. The first-order valence-corrected chi connectivity index (χ1v) is 7.63. The number of rotatable bonds is 2. The summed E-state index contributed by atoms with van der Waals surface area (Å²) in [7, 11) is 1.38. The van der Waals surface area contributed by atoms with Gasteiger partial charge in [0, 0.05) is 21.8 Å². The van der Waals surface area contributed by atoms with Gasteiger partial charge in [0.1, 0.15) is 0 Å². The SMILES string of the molecule is COC(=O)Cc1ccc2c(c1)SCc1ccccc1C2=O. The summed E-state index contributed by atoms with van der Waals surface area (Å²) < 4.78 is 4.68. The largest absolute Gasteiger partial charge is 0.469 e. The van der Waals surface area contributed by atoms with E-state index in [9.17, 15) is 9.59 Å². The van der Waals surface area contributed by atoms with E-state index >= 15 is 0 Å². The van der Waals surface area contributed by atoms with Gasteiger partial charge in [0.15, 0.2) is 5.78 Å². The third-order valence-electron chi connectivity index (χ3n) is 3.51. The van der Waals surface area contributed by atoms with Crippen molar-refractivity contribution in [1.29, 1.82) is 0 Å². The Morgan fingerprint density at radius 1 is 1.19 bits per heavy atom. The fraction of sp³-hybridized carbons (Fsp3) is 0.176. The summed E-state index contributed by atoms with van der Waals surface area (Å²) in [5.41, 5.74) is 3.40. The molecule has 0 amide bonds. The van der Waals surface area contributed by atoms with Crippen LogP contribution in [0.4, 0.5) is 0 Å². The maximum atomic E-state index is 12.6. The van der Waals surface area contributed by atoms with Gasteiger partial charge in [-0.15, -0.1) is 11.8 Å². The minimum Gasteiger partial charge on any atom is -0.469 e. The Bertz CT molecular complexity index is 722.